The average Bonchev–Trinajstić information content (AvgIpc) is 3.83. The van der Waals surface area contributed by atoms with Gasteiger partial charge >= 0.3 is 0 Å². The zero-order chi connectivity index (χ0) is 44.4. The molecule has 0 saturated heterocycles. The third kappa shape index (κ3) is 9.24. The van der Waals surface area contributed by atoms with E-state index in [4.69, 9.17) is 33.2 Å². The van der Waals surface area contributed by atoms with Crippen LogP contribution in [-0.2, 0) is 13.5 Å². The van der Waals surface area contributed by atoms with Crippen LogP contribution in [0, 0.1) is 18.6 Å². The maximum atomic E-state index is 13.9. The second-order valence-corrected chi connectivity index (χ2v) is 15.2. The fraction of sp³-hybridized carbons (Fsp3) is 0.163. The lowest BCUT2D eigenvalue weighted by Crippen LogP contribution is -2.27. The van der Waals surface area contributed by atoms with Crippen LogP contribution in [0.4, 0.5) is 32.2 Å². The van der Waals surface area contributed by atoms with Gasteiger partial charge in [-0.1, -0.05) is 35.3 Å². The van der Waals surface area contributed by atoms with Gasteiger partial charge in [0.2, 0.25) is 11.9 Å². The van der Waals surface area contributed by atoms with E-state index in [2.05, 4.69) is 35.9 Å². The van der Waals surface area contributed by atoms with Crippen molar-refractivity contribution in [3.8, 4) is 22.5 Å². The van der Waals surface area contributed by atoms with Crippen LogP contribution in [0.5, 0.6) is 0 Å². The van der Waals surface area contributed by atoms with Crippen molar-refractivity contribution in [2.75, 3.05) is 23.8 Å². The molecule has 0 fully saturated rings. The molecule has 20 heteroatoms. The number of aliphatic hydroxyl groups excluding tert-OH is 2. The number of nitrogens with zero attached hydrogens (tertiary/aromatic N) is 9. The molecule has 5 N–H and O–H groups in total. The Morgan fingerprint density at radius 1 is 0.730 bits per heavy atom. The monoisotopic (exact) mass is 892 g/mol. The summed E-state index contributed by atoms with van der Waals surface area (Å²) < 4.78 is 32.0. The van der Waals surface area contributed by atoms with Gasteiger partial charge in [-0.05, 0) is 66.6 Å². The molecule has 6 aromatic heterocycles. The van der Waals surface area contributed by atoms with Crippen molar-refractivity contribution in [1.29, 1.82) is 0 Å². The number of rotatable bonds is 14. The van der Waals surface area contributed by atoms with Crippen LogP contribution in [-0.4, -0.2) is 72.5 Å². The number of pyridine rings is 2. The van der Waals surface area contributed by atoms with Crippen molar-refractivity contribution in [3.05, 3.63) is 174 Å². The van der Waals surface area contributed by atoms with Gasteiger partial charge in [-0.15, -0.1) is 0 Å². The van der Waals surface area contributed by atoms with Crippen LogP contribution in [0.3, 0.4) is 0 Å². The molecule has 2 unspecified atom stereocenters. The Balaban J connectivity index is 1.04. The summed E-state index contributed by atoms with van der Waals surface area (Å²) >= 11 is 12.0. The van der Waals surface area contributed by atoms with Gasteiger partial charge in [0, 0.05) is 61.4 Å². The number of aliphatic hydroxyl groups is 2. The summed E-state index contributed by atoms with van der Waals surface area (Å²) in [7, 11) is 1.75. The van der Waals surface area contributed by atoms with E-state index < -0.39 is 48.1 Å². The summed E-state index contributed by atoms with van der Waals surface area (Å²) in [6, 6.07) is 17.8. The first-order chi connectivity index (χ1) is 30.4. The van der Waals surface area contributed by atoms with Gasteiger partial charge in [-0.3, -0.25) is 19.4 Å². The van der Waals surface area contributed by atoms with Crippen LogP contribution in [0.25, 0.3) is 22.5 Å². The van der Waals surface area contributed by atoms with E-state index in [9.17, 15) is 28.6 Å². The molecule has 2 atom stereocenters. The second kappa shape index (κ2) is 18.1. The first kappa shape index (κ1) is 42.6. The number of aromatic amines is 1. The van der Waals surface area contributed by atoms with Crippen molar-refractivity contribution in [1.82, 2.24) is 49.0 Å². The zero-order valence-corrected chi connectivity index (χ0v) is 34.9. The molecule has 0 bridgehead atoms. The molecule has 63 heavy (non-hydrogen) atoms. The van der Waals surface area contributed by atoms with Crippen LogP contribution in [0.2, 0.25) is 10.0 Å². The lowest BCUT2D eigenvalue weighted by molar-refractivity contribution is 0.246. The smallest absolute Gasteiger partial charge is 0.251 e. The highest BCUT2D eigenvalue weighted by molar-refractivity contribution is 6.31. The normalized spacial score (nSPS) is 12.3. The van der Waals surface area contributed by atoms with E-state index in [0.29, 0.717) is 56.5 Å². The molecule has 8 rings (SSSR count). The molecule has 0 aliphatic carbocycles. The molecule has 0 saturated carbocycles. The summed E-state index contributed by atoms with van der Waals surface area (Å²) in [6.07, 6.45) is 6.45. The maximum absolute atomic E-state index is 13.9. The lowest BCUT2D eigenvalue weighted by Gasteiger charge is -2.19. The van der Waals surface area contributed by atoms with Crippen molar-refractivity contribution in [2.24, 2.45) is 7.05 Å². The van der Waals surface area contributed by atoms with Crippen LogP contribution < -0.4 is 21.8 Å². The first-order valence-electron chi connectivity index (χ1n) is 19.2. The largest absolute Gasteiger partial charge is 0.394 e. The molecular formula is C43H36Cl2F2N12O4. The van der Waals surface area contributed by atoms with Crippen molar-refractivity contribution < 1.29 is 19.0 Å². The van der Waals surface area contributed by atoms with Crippen LogP contribution in [0.1, 0.15) is 40.3 Å². The highest BCUT2D eigenvalue weighted by Crippen LogP contribution is 2.28. The average molecular weight is 894 g/mol. The minimum absolute atomic E-state index is 0.118. The number of aromatic nitrogens is 10. The predicted octanol–water partition coefficient (Wildman–Crippen LogP) is 6.52. The number of nitrogens with one attached hydrogen (secondary N) is 3. The molecule has 0 aliphatic rings. The number of aryl methyl sites for hydroxylation is 2. The zero-order valence-electron chi connectivity index (χ0n) is 33.3. The summed E-state index contributed by atoms with van der Waals surface area (Å²) in [6.45, 7) is 0.983. The Kier molecular flexibility index (Phi) is 12.2. The summed E-state index contributed by atoms with van der Waals surface area (Å²) in [5.41, 5.74) is 4.50. The molecule has 0 radical (unpaired) electrons. The summed E-state index contributed by atoms with van der Waals surface area (Å²) in [5.74, 6) is -0.202. The van der Waals surface area contributed by atoms with E-state index in [1.54, 1.807) is 54.5 Å². The molecule has 8 aromatic rings. The molecule has 6 heterocycles. The Morgan fingerprint density at radius 2 is 1.33 bits per heavy atom. The van der Waals surface area contributed by atoms with Crippen molar-refractivity contribution in [3.63, 3.8) is 0 Å². The molecule has 320 valence electrons. The lowest BCUT2D eigenvalue weighted by atomic mass is 10.1. The van der Waals surface area contributed by atoms with E-state index >= 15 is 0 Å². The minimum atomic E-state index is -0.815. The highest BCUT2D eigenvalue weighted by atomic mass is 35.5. The van der Waals surface area contributed by atoms with E-state index in [0.717, 1.165) is 5.69 Å². The number of H-pyrrole nitrogens is 1. The first-order valence-corrected chi connectivity index (χ1v) is 20.0. The van der Waals surface area contributed by atoms with E-state index in [1.165, 1.54) is 70.1 Å². The highest BCUT2D eigenvalue weighted by Gasteiger charge is 2.20. The standard InChI is InChI=1S/C43H36Cl2F2N12O4/c1-23-36(20-49-55-23)53-43-50-28(18-35(52-43)25-9-12-59(41(63)16-25)38(22-61)27-4-6-33(47)31(45)14-27)17-29-19-39(57(2)56-29)54-42-48-10-7-34(51-42)24-8-11-58(40(62)15-24)37(21-60)26-3-5-32(46)30(44)13-26/h3-16,18-20,37-38,60-61H,17,21-22H2,1-2H3,(H,49,55)(H,48,51,54)(H,50,52,53). The predicted molar refractivity (Wildman–Crippen MR) is 233 cm³/mol. The Bertz CT molecular complexity index is 3100. The summed E-state index contributed by atoms with van der Waals surface area (Å²) in [4.78, 5) is 45.3. The van der Waals surface area contributed by atoms with Crippen molar-refractivity contribution in [2.45, 2.75) is 25.4 Å². The Labute approximate surface area is 366 Å². The van der Waals surface area contributed by atoms with Gasteiger partial charge in [0.15, 0.2) is 0 Å². The number of anilines is 4. The minimum Gasteiger partial charge on any atom is -0.394 e. The Morgan fingerprint density at radius 3 is 1.89 bits per heavy atom. The topological polar surface area (TPSA) is 207 Å². The molecule has 16 nitrogen and oxygen atoms in total. The van der Waals surface area contributed by atoms with Gasteiger partial charge in [-0.2, -0.15) is 10.2 Å². The van der Waals surface area contributed by atoms with Crippen molar-refractivity contribution >= 4 is 46.6 Å². The van der Waals surface area contributed by atoms with Gasteiger partial charge in [0.1, 0.15) is 17.5 Å². The Hall–Kier alpha value is -7.12. The second-order valence-electron chi connectivity index (χ2n) is 14.4. The third-order valence-corrected chi connectivity index (χ3v) is 10.8. The van der Waals surface area contributed by atoms with E-state index in [1.807, 2.05) is 6.92 Å². The summed E-state index contributed by atoms with van der Waals surface area (Å²) in [5, 5.41) is 38.1. The molecule has 0 spiro atoms. The maximum Gasteiger partial charge on any atom is 0.251 e. The van der Waals surface area contributed by atoms with Gasteiger partial charge in [-0.25, -0.2) is 28.7 Å². The fourth-order valence-electron chi connectivity index (χ4n) is 6.96. The molecule has 2 aromatic carbocycles. The number of benzene rings is 2. The number of hydrogen-bond donors (Lipinski definition) is 5. The number of hydrogen-bond acceptors (Lipinski definition) is 12. The molecule has 0 amide bonds. The van der Waals surface area contributed by atoms with Gasteiger partial charge < -0.3 is 30.0 Å². The van der Waals surface area contributed by atoms with Gasteiger partial charge in [0.05, 0.1) is 75.7 Å². The fourth-order valence-corrected chi connectivity index (χ4v) is 7.34. The van der Waals surface area contributed by atoms with Crippen LogP contribution >= 0.6 is 23.2 Å². The SMILES string of the molecule is Cc1[nH]ncc1Nc1nc(Cc2cc(Nc3nccc(-c4ccn(C(CO)c5ccc(F)c(Cl)c5)c(=O)c4)n3)n(C)n2)cc(-c2ccn(C(CO)c3ccc(F)c(Cl)c3)c(=O)c2)n1. The number of halogens is 4. The quantitative estimate of drug-likeness (QED) is 0.0792. The molecule has 0 aliphatic heterocycles. The third-order valence-electron chi connectivity index (χ3n) is 10.2. The van der Waals surface area contributed by atoms with Crippen LogP contribution in [0.15, 0.2) is 113 Å². The van der Waals surface area contributed by atoms with E-state index in [-0.39, 0.29) is 28.4 Å². The van der Waals surface area contributed by atoms with Gasteiger partial charge in [0.25, 0.3) is 11.1 Å². The molecular weight excluding hydrogens is 857 g/mol.